The number of benzene rings is 1. The van der Waals surface area contributed by atoms with Gasteiger partial charge in [-0.15, -0.1) is 0 Å². The van der Waals surface area contributed by atoms with E-state index in [9.17, 15) is 9.50 Å². The number of hydrogen-bond donors (Lipinski definition) is 1. The van der Waals surface area contributed by atoms with Gasteiger partial charge in [-0.05, 0) is 86.8 Å². The lowest BCUT2D eigenvalue weighted by Crippen LogP contribution is -2.34. The molecule has 1 saturated heterocycles. The second-order valence-electron chi connectivity index (χ2n) is 8.33. The number of aliphatic hydroxyl groups excluding tert-OH is 1. The Balaban J connectivity index is 1.57. The fourth-order valence-corrected chi connectivity index (χ4v) is 4.59. The normalized spacial score (nSPS) is 15.5. The maximum atomic E-state index is 13.6. The number of fused-ring (bicyclic) bond motifs is 1. The van der Waals surface area contributed by atoms with Crippen molar-refractivity contribution < 1.29 is 9.50 Å². The summed E-state index contributed by atoms with van der Waals surface area (Å²) >= 11 is 0. The summed E-state index contributed by atoms with van der Waals surface area (Å²) in [5.41, 5.74) is 5.42. The van der Waals surface area contributed by atoms with Crippen molar-refractivity contribution in [3.05, 3.63) is 72.1 Å². The summed E-state index contributed by atoms with van der Waals surface area (Å²) in [5, 5.41) is 9.19. The molecule has 0 aliphatic carbocycles. The Bertz CT molecular complexity index is 1230. The second kappa shape index (κ2) is 8.76. The molecule has 0 atom stereocenters. The number of nitrogens with zero attached hydrogens (tertiary/aromatic N) is 5. The first-order valence-electron chi connectivity index (χ1n) is 11.0. The molecule has 0 bridgehead atoms. The van der Waals surface area contributed by atoms with Crippen LogP contribution in [0, 0.1) is 12.7 Å². The maximum Gasteiger partial charge on any atom is 0.138 e. The number of aromatic nitrogens is 4. The Labute approximate surface area is 186 Å². The summed E-state index contributed by atoms with van der Waals surface area (Å²) in [4.78, 5) is 16.1. The number of rotatable bonds is 5. The highest BCUT2D eigenvalue weighted by atomic mass is 19.1. The van der Waals surface area contributed by atoms with E-state index in [4.69, 9.17) is 4.98 Å². The largest absolute Gasteiger partial charge is 0.395 e. The molecule has 0 amide bonds. The van der Waals surface area contributed by atoms with Crippen LogP contribution in [0.4, 0.5) is 4.39 Å². The molecule has 0 unspecified atom stereocenters. The third-order valence-corrected chi connectivity index (χ3v) is 6.26. The van der Waals surface area contributed by atoms with Crippen LogP contribution < -0.4 is 0 Å². The molecule has 32 heavy (non-hydrogen) atoms. The molecule has 4 aromatic rings. The van der Waals surface area contributed by atoms with Gasteiger partial charge in [-0.25, -0.2) is 19.3 Å². The summed E-state index contributed by atoms with van der Waals surface area (Å²) in [6, 6.07) is 12.6. The Morgan fingerprint density at radius 3 is 2.56 bits per heavy atom. The maximum absolute atomic E-state index is 13.6. The molecule has 3 aromatic heterocycles. The van der Waals surface area contributed by atoms with E-state index < -0.39 is 0 Å². The standard InChI is InChI=1S/C25H26FN5O/c1-17-27-10-6-22(28-17)25-24(19-2-4-21(26)5-3-19)29-23-16-20(9-13-31(23)25)18-7-11-30(12-8-18)14-15-32/h2-6,9-10,13,16,18,32H,7-8,11-12,14-15H2,1H3. The van der Waals surface area contributed by atoms with Crippen LogP contribution in [0.3, 0.4) is 0 Å². The number of likely N-dealkylation sites (tertiary alicyclic amines) is 1. The van der Waals surface area contributed by atoms with Crippen LogP contribution in [-0.2, 0) is 0 Å². The molecule has 164 valence electrons. The number of halogens is 1. The molecule has 6 nitrogen and oxygen atoms in total. The van der Waals surface area contributed by atoms with Crippen molar-refractivity contribution in [3.63, 3.8) is 0 Å². The third kappa shape index (κ3) is 4.01. The molecule has 5 rings (SSSR count). The lowest BCUT2D eigenvalue weighted by molar-refractivity contribution is 0.164. The first-order chi connectivity index (χ1) is 15.6. The zero-order valence-corrected chi connectivity index (χ0v) is 18.1. The number of aliphatic hydroxyl groups is 1. The summed E-state index contributed by atoms with van der Waals surface area (Å²) < 4.78 is 15.6. The van der Waals surface area contributed by atoms with Gasteiger partial charge in [0.25, 0.3) is 0 Å². The highest BCUT2D eigenvalue weighted by Crippen LogP contribution is 2.34. The van der Waals surface area contributed by atoms with E-state index in [2.05, 4.69) is 37.6 Å². The molecule has 0 radical (unpaired) electrons. The number of piperidine rings is 1. The predicted molar refractivity (Wildman–Crippen MR) is 122 cm³/mol. The summed E-state index contributed by atoms with van der Waals surface area (Å²) in [6.07, 6.45) is 5.96. The first kappa shape index (κ1) is 20.7. The van der Waals surface area contributed by atoms with Gasteiger partial charge in [0.2, 0.25) is 0 Å². The van der Waals surface area contributed by atoms with E-state index in [0.29, 0.717) is 11.7 Å². The van der Waals surface area contributed by atoms with Crippen molar-refractivity contribution in [2.75, 3.05) is 26.2 Å². The van der Waals surface area contributed by atoms with Crippen molar-refractivity contribution in [3.8, 4) is 22.6 Å². The average molecular weight is 432 g/mol. The molecular formula is C25H26FN5O. The highest BCUT2D eigenvalue weighted by Gasteiger charge is 2.22. The molecular weight excluding hydrogens is 405 g/mol. The molecule has 0 spiro atoms. The molecule has 4 heterocycles. The van der Waals surface area contributed by atoms with Gasteiger partial charge in [-0.1, -0.05) is 0 Å². The first-order valence-corrected chi connectivity index (χ1v) is 11.0. The van der Waals surface area contributed by atoms with Crippen LogP contribution in [0.1, 0.15) is 30.1 Å². The van der Waals surface area contributed by atoms with Crippen molar-refractivity contribution >= 4 is 5.65 Å². The summed E-state index contributed by atoms with van der Waals surface area (Å²) in [6.45, 7) is 4.82. The lowest BCUT2D eigenvalue weighted by atomic mass is 9.90. The van der Waals surface area contributed by atoms with Crippen LogP contribution in [0.2, 0.25) is 0 Å². The van der Waals surface area contributed by atoms with E-state index in [1.54, 1.807) is 18.3 Å². The van der Waals surface area contributed by atoms with Crippen molar-refractivity contribution in [2.24, 2.45) is 0 Å². The van der Waals surface area contributed by atoms with Crippen molar-refractivity contribution in [1.29, 1.82) is 0 Å². The Hall–Kier alpha value is -3.16. The van der Waals surface area contributed by atoms with Gasteiger partial charge < -0.3 is 10.0 Å². The monoisotopic (exact) mass is 431 g/mol. The predicted octanol–water partition coefficient (Wildman–Crippen LogP) is 4.08. The fourth-order valence-electron chi connectivity index (χ4n) is 4.59. The number of imidazole rings is 1. The third-order valence-electron chi connectivity index (χ3n) is 6.26. The topological polar surface area (TPSA) is 66.5 Å². The molecule has 1 aliphatic heterocycles. The lowest BCUT2D eigenvalue weighted by Gasteiger charge is -2.31. The van der Waals surface area contributed by atoms with Gasteiger partial charge in [0.15, 0.2) is 0 Å². The fraction of sp³-hybridized carbons (Fsp3) is 0.320. The summed E-state index contributed by atoms with van der Waals surface area (Å²) in [5.74, 6) is 0.895. The van der Waals surface area contributed by atoms with Crippen molar-refractivity contribution in [1.82, 2.24) is 24.3 Å². The second-order valence-corrected chi connectivity index (χ2v) is 8.33. The number of pyridine rings is 1. The number of β-amino-alcohol motifs (C(OH)–C–C–N with tert-alkyl or cyclic N) is 1. The molecule has 1 aromatic carbocycles. The van der Waals surface area contributed by atoms with Crippen LogP contribution in [0.25, 0.3) is 28.3 Å². The van der Waals surface area contributed by atoms with Crippen LogP contribution >= 0.6 is 0 Å². The molecule has 1 N–H and O–H groups in total. The minimum absolute atomic E-state index is 0.210. The smallest absolute Gasteiger partial charge is 0.138 e. The Kier molecular flexibility index (Phi) is 5.68. The van der Waals surface area contributed by atoms with Gasteiger partial charge >= 0.3 is 0 Å². The van der Waals surface area contributed by atoms with Crippen LogP contribution in [-0.4, -0.2) is 55.6 Å². The molecule has 1 aliphatic rings. The van der Waals surface area contributed by atoms with Crippen molar-refractivity contribution in [2.45, 2.75) is 25.7 Å². The average Bonchev–Trinajstić information content (AvgIpc) is 3.19. The van der Waals surface area contributed by atoms with Crippen LogP contribution in [0.15, 0.2) is 54.9 Å². The van der Waals surface area contributed by atoms with Crippen LogP contribution in [0.5, 0.6) is 0 Å². The van der Waals surface area contributed by atoms with E-state index in [1.165, 1.54) is 17.7 Å². The molecule has 1 fully saturated rings. The molecule has 7 heteroatoms. The number of aryl methyl sites for hydroxylation is 1. The SMILES string of the molecule is Cc1nccc(-c2c(-c3ccc(F)cc3)nc3cc(C4CCN(CCO)CC4)ccn23)n1. The van der Waals surface area contributed by atoms with Gasteiger partial charge in [0.05, 0.1) is 23.7 Å². The van der Waals surface area contributed by atoms with Gasteiger partial charge in [0, 0.05) is 24.5 Å². The van der Waals surface area contributed by atoms with Gasteiger partial charge in [-0.2, -0.15) is 0 Å². The zero-order valence-electron chi connectivity index (χ0n) is 18.1. The van der Waals surface area contributed by atoms with E-state index in [1.807, 2.05) is 13.0 Å². The van der Waals surface area contributed by atoms with Gasteiger partial charge in [-0.3, -0.25) is 4.40 Å². The highest BCUT2D eigenvalue weighted by molar-refractivity contribution is 5.80. The summed E-state index contributed by atoms with van der Waals surface area (Å²) in [7, 11) is 0. The minimum Gasteiger partial charge on any atom is -0.395 e. The van der Waals surface area contributed by atoms with Gasteiger partial charge in [0.1, 0.15) is 17.3 Å². The number of hydrogen-bond acceptors (Lipinski definition) is 5. The molecule has 0 saturated carbocycles. The van der Waals surface area contributed by atoms with E-state index >= 15 is 0 Å². The quantitative estimate of drug-likeness (QED) is 0.516. The minimum atomic E-state index is -0.272. The van der Waals surface area contributed by atoms with E-state index in [-0.39, 0.29) is 12.4 Å². The Morgan fingerprint density at radius 1 is 1.06 bits per heavy atom. The zero-order chi connectivity index (χ0) is 22.1. The Morgan fingerprint density at radius 2 is 1.84 bits per heavy atom. The van der Waals surface area contributed by atoms with E-state index in [0.717, 1.165) is 60.8 Å².